The lowest BCUT2D eigenvalue weighted by Gasteiger charge is -2.16. The van der Waals surface area contributed by atoms with Crippen molar-refractivity contribution in [1.82, 2.24) is 14.6 Å². The molecule has 0 spiro atoms. The Morgan fingerprint density at radius 1 is 1.20 bits per heavy atom. The smallest absolute Gasteiger partial charge is 0.244 e. The summed E-state index contributed by atoms with van der Waals surface area (Å²) in [6.45, 7) is 0.275. The van der Waals surface area contributed by atoms with Gasteiger partial charge in [-0.3, -0.25) is 9.78 Å². The minimum atomic E-state index is -3.70. The number of nitrogens with zero attached hydrogens (tertiary/aromatic N) is 2. The summed E-state index contributed by atoms with van der Waals surface area (Å²) in [7, 11) is -2.32. The second kappa shape index (κ2) is 9.55. The summed E-state index contributed by atoms with van der Waals surface area (Å²) in [5, 5.41) is 2.74. The van der Waals surface area contributed by atoms with E-state index in [0.717, 1.165) is 15.8 Å². The Labute approximate surface area is 152 Å². The average Bonchev–Trinajstić information content (AvgIpc) is 2.63. The van der Waals surface area contributed by atoms with Gasteiger partial charge in [0.15, 0.2) is 0 Å². The van der Waals surface area contributed by atoms with E-state index in [1.165, 1.54) is 31.1 Å². The van der Waals surface area contributed by atoms with E-state index in [2.05, 4.69) is 22.4 Å². The first-order valence-electron chi connectivity index (χ1n) is 7.75. The Hall–Kier alpha value is -1.90. The Kier molecular flexibility index (Phi) is 7.42. The molecule has 0 atom stereocenters. The Bertz CT molecular complexity index is 768. The molecule has 0 saturated carbocycles. The fraction of sp³-hybridized carbons (Fsp3) is 0.294. The molecule has 0 unspecified atom stereocenters. The van der Waals surface area contributed by atoms with Gasteiger partial charge >= 0.3 is 0 Å². The van der Waals surface area contributed by atoms with E-state index in [0.29, 0.717) is 6.54 Å². The molecule has 1 amide bonds. The Morgan fingerprint density at radius 3 is 2.64 bits per heavy atom. The van der Waals surface area contributed by atoms with Crippen molar-refractivity contribution >= 4 is 27.7 Å². The van der Waals surface area contributed by atoms with E-state index in [-0.39, 0.29) is 17.3 Å². The van der Waals surface area contributed by atoms with Crippen molar-refractivity contribution in [1.29, 1.82) is 0 Å². The fourth-order valence-corrected chi connectivity index (χ4v) is 3.96. The van der Waals surface area contributed by atoms with Gasteiger partial charge in [0, 0.05) is 37.5 Å². The van der Waals surface area contributed by atoms with Crippen LogP contribution in [-0.2, 0) is 20.6 Å². The lowest BCUT2D eigenvalue weighted by Crippen LogP contribution is -2.39. The first kappa shape index (κ1) is 19.4. The molecule has 1 N–H and O–H groups in total. The molecule has 1 aromatic carbocycles. The summed E-state index contributed by atoms with van der Waals surface area (Å²) in [4.78, 5) is 15.8. The van der Waals surface area contributed by atoms with Crippen molar-refractivity contribution in [3.63, 3.8) is 0 Å². The summed E-state index contributed by atoms with van der Waals surface area (Å²) in [5.41, 5.74) is 1.24. The van der Waals surface area contributed by atoms with Gasteiger partial charge in [-0.2, -0.15) is 16.1 Å². The van der Waals surface area contributed by atoms with Crippen molar-refractivity contribution in [3.8, 4) is 0 Å². The molecule has 2 rings (SSSR count). The summed E-state index contributed by atoms with van der Waals surface area (Å²) < 4.78 is 25.6. The number of hydrogen-bond donors (Lipinski definition) is 1. The summed E-state index contributed by atoms with van der Waals surface area (Å²) in [6.07, 6.45) is 2.77. The van der Waals surface area contributed by atoms with Crippen LogP contribution in [0.2, 0.25) is 0 Å². The first-order chi connectivity index (χ1) is 12.0. The third-order valence-corrected chi connectivity index (χ3v) is 6.21. The highest BCUT2D eigenvalue weighted by molar-refractivity contribution is 7.98. The molecule has 2 aromatic rings. The highest BCUT2D eigenvalue weighted by atomic mass is 32.2. The van der Waals surface area contributed by atoms with E-state index in [9.17, 15) is 13.2 Å². The molecule has 0 bridgehead atoms. The molecule has 0 aliphatic carbocycles. The molecule has 134 valence electrons. The number of nitrogens with one attached hydrogen (secondary N) is 1. The topological polar surface area (TPSA) is 79.4 Å². The zero-order chi connectivity index (χ0) is 18.1. The van der Waals surface area contributed by atoms with E-state index >= 15 is 0 Å². The summed E-state index contributed by atoms with van der Waals surface area (Å²) in [6, 6.07) is 13.1. The van der Waals surface area contributed by atoms with Gasteiger partial charge in [0.2, 0.25) is 15.9 Å². The molecule has 6 nitrogen and oxygen atoms in total. The van der Waals surface area contributed by atoms with Crippen LogP contribution in [0.5, 0.6) is 0 Å². The number of rotatable bonds is 9. The van der Waals surface area contributed by atoms with Crippen LogP contribution in [0.4, 0.5) is 0 Å². The number of likely N-dealkylation sites (N-methyl/N-ethyl adjacent to an activating group) is 1. The maximum Gasteiger partial charge on any atom is 0.244 e. The van der Waals surface area contributed by atoms with Gasteiger partial charge in [0.1, 0.15) is 4.90 Å². The van der Waals surface area contributed by atoms with E-state index < -0.39 is 10.0 Å². The standard InChI is InChI=1S/C17H21N3O3S2/c1-20(25(22,23)16-8-5-9-18-12-16)13-17(21)19-10-11-24-14-15-6-3-2-4-7-15/h2-9,12H,10-11,13-14H2,1H3,(H,19,21). The number of hydrogen-bond acceptors (Lipinski definition) is 5. The van der Waals surface area contributed by atoms with Crippen LogP contribution >= 0.6 is 11.8 Å². The third-order valence-electron chi connectivity index (χ3n) is 3.39. The zero-order valence-corrected chi connectivity index (χ0v) is 15.6. The average molecular weight is 380 g/mol. The van der Waals surface area contributed by atoms with Gasteiger partial charge < -0.3 is 5.32 Å². The highest BCUT2D eigenvalue weighted by Crippen LogP contribution is 2.12. The highest BCUT2D eigenvalue weighted by Gasteiger charge is 2.22. The van der Waals surface area contributed by atoms with E-state index in [1.54, 1.807) is 17.8 Å². The Morgan fingerprint density at radius 2 is 1.96 bits per heavy atom. The number of carbonyl (C=O) groups is 1. The minimum Gasteiger partial charge on any atom is -0.354 e. The summed E-state index contributed by atoms with van der Waals surface area (Å²) >= 11 is 1.71. The van der Waals surface area contributed by atoms with Crippen LogP contribution in [0.1, 0.15) is 5.56 Å². The van der Waals surface area contributed by atoms with Gasteiger partial charge in [-0.05, 0) is 17.7 Å². The van der Waals surface area contributed by atoms with Crippen LogP contribution in [0.3, 0.4) is 0 Å². The number of aromatic nitrogens is 1. The molecule has 0 aliphatic rings. The van der Waals surface area contributed by atoms with Crippen LogP contribution in [0, 0.1) is 0 Å². The predicted octanol–water partition coefficient (Wildman–Crippen LogP) is 1.75. The predicted molar refractivity (Wildman–Crippen MR) is 99.7 cm³/mol. The molecule has 0 fully saturated rings. The molecular weight excluding hydrogens is 358 g/mol. The fourth-order valence-electron chi connectivity index (χ4n) is 2.05. The van der Waals surface area contributed by atoms with Crippen molar-refractivity contribution in [2.45, 2.75) is 10.6 Å². The van der Waals surface area contributed by atoms with Gasteiger partial charge in [-0.15, -0.1) is 0 Å². The first-order valence-corrected chi connectivity index (χ1v) is 10.3. The van der Waals surface area contributed by atoms with Crippen molar-refractivity contribution < 1.29 is 13.2 Å². The number of benzene rings is 1. The molecular formula is C17H21N3O3S2. The van der Waals surface area contributed by atoms with Gasteiger partial charge in [-0.1, -0.05) is 30.3 Å². The van der Waals surface area contributed by atoms with Crippen LogP contribution in [0.25, 0.3) is 0 Å². The second-order valence-electron chi connectivity index (χ2n) is 5.34. The maximum atomic E-state index is 12.3. The van der Waals surface area contributed by atoms with Crippen molar-refractivity contribution in [2.75, 3.05) is 25.9 Å². The van der Waals surface area contributed by atoms with Crippen molar-refractivity contribution in [3.05, 3.63) is 60.4 Å². The molecule has 8 heteroatoms. The lowest BCUT2D eigenvalue weighted by molar-refractivity contribution is -0.121. The molecule has 25 heavy (non-hydrogen) atoms. The second-order valence-corrected chi connectivity index (χ2v) is 8.49. The van der Waals surface area contributed by atoms with Gasteiger partial charge in [0.25, 0.3) is 0 Å². The molecule has 0 saturated heterocycles. The maximum absolute atomic E-state index is 12.3. The van der Waals surface area contributed by atoms with Gasteiger partial charge in [0.05, 0.1) is 6.54 Å². The monoisotopic (exact) mass is 379 g/mol. The number of pyridine rings is 1. The molecule has 0 aliphatic heterocycles. The van der Waals surface area contributed by atoms with Crippen LogP contribution in [-0.4, -0.2) is 49.5 Å². The van der Waals surface area contributed by atoms with E-state index in [1.807, 2.05) is 18.2 Å². The molecule has 0 radical (unpaired) electrons. The normalized spacial score (nSPS) is 11.4. The van der Waals surface area contributed by atoms with Gasteiger partial charge in [-0.25, -0.2) is 8.42 Å². The number of thioether (sulfide) groups is 1. The quantitative estimate of drug-likeness (QED) is 0.672. The number of amides is 1. The number of carbonyl (C=O) groups excluding carboxylic acids is 1. The van der Waals surface area contributed by atoms with Crippen LogP contribution in [0.15, 0.2) is 59.8 Å². The van der Waals surface area contributed by atoms with E-state index in [4.69, 9.17) is 0 Å². The minimum absolute atomic E-state index is 0.0729. The molecule has 1 heterocycles. The third kappa shape index (κ3) is 6.15. The summed E-state index contributed by atoms with van der Waals surface area (Å²) in [5.74, 6) is 1.32. The van der Waals surface area contributed by atoms with Crippen molar-refractivity contribution in [2.24, 2.45) is 0 Å². The zero-order valence-electron chi connectivity index (χ0n) is 14.0. The molecule has 1 aromatic heterocycles. The lowest BCUT2D eigenvalue weighted by atomic mass is 10.2. The Balaban J connectivity index is 1.71. The number of sulfonamides is 1. The van der Waals surface area contributed by atoms with Crippen LogP contribution < -0.4 is 5.32 Å². The largest absolute Gasteiger partial charge is 0.354 e. The SMILES string of the molecule is CN(CC(=O)NCCSCc1ccccc1)S(=O)(=O)c1cccnc1.